The molecule has 0 saturated heterocycles. The van der Waals surface area contributed by atoms with Crippen molar-refractivity contribution in [3.05, 3.63) is 29.8 Å². The van der Waals surface area contributed by atoms with Crippen LogP contribution in [0.3, 0.4) is 0 Å². The summed E-state index contributed by atoms with van der Waals surface area (Å²) in [6, 6.07) is 4.69. The second-order valence-corrected chi connectivity index (χ2v) is 4.29. The van der Waals surface area contributed by atoms with Crippen molar-refractivity contribution in [1.29, 1.82) is 0 Å². The Hall–Kier alpha value is -1.72. The molecular formula is C13H16F3NO2. The summed E-state index contributed by atoms with van der Waals surface area (Å²) in [7, 11) is 1.25. The maximum Gasteiger partial charge on any atom is 0.418 e. The van der Waals surface area contributed by atoms with Crippen molar-refractivity contribution in [3.8, 4) is 0 Å². The van der Waals surface area contributed by atoms with E-state index in [0.717, 1.165) is 6.07 Å². The molecule has 2 atom stereocenters. The van der Waals surface area contributed by atoms with Crippen LogP contribution in [0.25, 0.3) is 0 Å². The van der Waals surface area contributed by atoms with Crippen molar-refractivity contribution >= 4 is 11.7 Å². The van der Waals surface area contributed by atoms with Gasteiger partial charge in [-0.1, -0.05) is 12.1 Å². The van der Waals surface area contributed by atoms with Crippen LogP contribution in [0.5, 0.6) is 0 Å². The van der Waals surface area contributed by atoms with Gasteiger partial charge in [-0.2, -0.15) is 13.2 Å². The molecule has 1 N–H and O–H groups in total. The van der Waals surface area contributed by atoms with Gasteiger partial charge in [-0.25, -0.2) is 0 Å². The molecule has 106 valence electrons. The molecular weight excluding hydrogens is 259 g/mol. The average molecular weight is 275 g/mol. The first-order chi connectivity index (χ1) is 8.77. The Balaban J connectivity index is 2.91. The fourth-order valence-corrected chi connectivity index (χ4v) is 1.62. The maximum absolute atomic E-state index is 12.8. The summed E-state index contributed by atoms with van der Waals surface area (Å²) in [4.78, 5) is 11.3. The van der Waals surface area contributed by atoms with Gasteiger partial charge >= 0.3 is 12.1 Å². The predicted molar refractivity (Wildman–Crippen MR) is 65.7 cm³/mol. The fourth-order valence-electron chi connectivity index (χ4n) is 1.62. The van der Waals surface area contributed by atoms with Crippen molar-refractivity contribution in [2.75, 3.05) is 12.4 Å². The molecule has 2 unspecified atom stereocenters. The molecule has 1 aromatic carbocycles. The Morgan fingerprint density at radius 1 is 1.26 bits per heavy atom. The molecule has 0 spiro atoms. The third kappa shape index (κ3) is 3.87. The number of esters is 1. The van der Waals surface area contributed by atoms with Crippen LogP contribution in [0.15, 0.2) is 24.3 Å². The van der Waals surface area contributed by atoms with Crippen molar-refractivity contribution in [3.63, 3.8) is 0 Å². The van der Waals surface area contributed by atoms with E-state index in [4.69, 9.17) is 0 Å². The lowest BCUT2D eigenvalue weighted by Crippen LogP contribution is -2.31. The molecule has 0 radical (unpaired) electrons. The highest BCUT2D eigenvalue weighted by Crippen LogP contribution is 2.35. The average Bonchev–Trinajstić information content (AvgIpc) is 2.36. The third-order valence-electron chi connectivity index (χ3n) is 2.94. The Kier molecular flexibility index (Phi) is 4.80. The van der Waals surface area contributed by atoms with E-state index in [0.29, 0.717) is 0 Å². The van der Waals surface area contributed by atoms with E-state index in [1.54, 1.807) is 13.8 Å². The first-order valence-corrected chi connectivity index (χ1v) is 5.78. The first-order valence-electron chi connectivity index (χ1n) is 5.78. The van der Waals surface area contributed by atoms with Crippen LogP contribution < -0.4 is 5.32 Å². The van der Waals surface area contributed by atoms with Gasteiger partial charge in [0.2, 0.25) is 0 Å². The maximum atomic E-state index is 12.8. The van der Waals surface area contributed by atoms with E-state index in [1.807, 2.05) is 0 Å². The molecule has 0 aromatic heterocycles. The quantitative estimate of drug-likeness (QED) is 0.857. The molecule has 1 rings (SSSR count). The number of carbonyl (C=O) groups excluding carboxylic acids is 1. The van der Waals surface area contributed by atoms with Gasteiger partial charge in [0.25, 0.3) is 0 Å². The normalized spacial score (nSPS) is 14.6. The molecule has 0 saturated carbocycles. The van der Waals surface area contributed by atoms with Crippen LogP contribution in [-0.2, 0) is 15.7 Å². The van der Waals surface area contributed by atoms with Crippen LogP contribution in [0, 0.1) is 5.92 Å². The highest BCUT2D eigenvalue weighted by Gasteiger charge is 2.34. The Bertz CT molecular complexity index is 446. The zero-order chi connectivity index (χ0) is 14.6. The molecule has 0 aliphatic rings. The smallest absolute Gasteiger partial charge is 0.418 e. The predicted octanol–water partition coefficient (Wildman–Crippen LogP) is 3.31. The number of halogens is 3. The van der Waals surface area contributed by atoms with Crippen LogP contribution in [0.4, 0.5) is 18.9 Å². The Labute approximate surface area is 109 Å². The summed E-state index contributed by atoms with van der Waals surface area (Å²) in [5.74, 6) is -1.02. The topological polar surface area (TPSA) is 38.3 Å². The summed E-state index contributed by atoms with van der Waals surface area (Å²) < 4.78 is 42.9. The number of methoxy groups -OCH3 is 1. The van der Waals surface area contributed by atoms with Gasteiger partial charge in [0.05, 0.1) is 18.6 Å². The lowest BCUT2D eigenvalue weighted by molar-refractivity contribution is -0.145. The van der Waals surface area contributed by atoms with Gasteiger partial charge in [-0.05, 0) is 26.0 Å². The number of ether oxygens (including phenoxy) is 1. The zero-order valence-corrected chi connectivity index (χ0v) is 10.9. The summed E-state index contributed by atoms with van der Waals surface area (Å²) in [6.07, 6.45) is -4.43. The molecule has 0 aliphatic heterocycles. The SMILES string of the molecule is COC(=O)C(C)C(C)Nc1ccccc1C(F)(F)F. The monoisotopic (exact) mass is 275 g/mol. The van der Waals surface area contributed by atoms with Crippen molar-refractivity contribution < 1.29 is 22.7 Å². The molecule has 6 heteroatoms. The van der Waals surface area contributed by atoms with E-state index in [9.17, 15) is 18.0 Å². The standard InChI is InChI=1S/C13H16F3NO2/c1-8(12(18)19-3)9(2)17-11-7-5-4-6-10(11)13(14,15)16/h4-9,17H,1-3H3. The zero-order valence-electron chi connectivity index (χ0n) is 10.9. The van der Waals surface area contributed by atoms with Gasteiger partial charge in [0.15, 0.2) is 0 Å². The highest BCUT2D eigenvalue weighted by molar-refractivity contribution is 5.73. The molecule has 3 nitrogen and oxygen atoms in total. The second-order valence-electron chi connectivity index (χ2n) is 4.29. The van der Waals surface area contributed by atoms with Gasteiger partial charge < -0.3 is 10.1 Å². The highest BCUT2D eigenvalue weighted by atomic mass is 19.4. The van der Waals surface area contributed by atoms with Crippen molar-refractivity contribution in [2.24, 2.45) is 5.92 Å². The van der Waals surface area contributed by atoms with E-state index in [1.165, 1.54) is 25.3 Å². The molecule has 0 heterocycles. The number of benzene rings is 1. The van der Waals surface area contributed by atoms with Crippen LogP contribution in [0.1, 0.15) is 19.4 Å². The number of hydrogen-bond donors (Lipinski definition) is 1. The molecule has 19 heavy (non-hydrogen) atoms. The number of hydrogen-bond acceptors (Lipinski definition) is 3. The van der Waals surface area contributed by atoms with Crippen molar-refractivity contribution in [1.82, 2.24) is 0 Å². The molecule has 0 fully saturated rings. The molecule has 0 aliphatic carbocycles. The summed E-state index contributed by atoms with van der Waals surface area (Å²) >= 11 is 0. The lowest BCUT2D eigenvalue weighted by atomic mass is 10.0. The number of para-hydroxylation sites is 1. The molecule has 0 amide bonds. The molecule has 1 aromatic rings. The van der Waals surface area contributed by atoms with Gasteiger partial charge in [0, 0.05) is 11.7 Å². The van der Waals surface area contributed by atoms with E-state index >= 15 is 0 Å². The summed E-state index contributed by atoms with van der Waals surface area (Å²) in [6.45, 7) is 3.23. The number of rotatable bonds is 4. The van der Waals surface area contributed by atoms with Crippen LogP contribution in [-0.4, -0.2) is 19.1 Å². The van der Waals surface area contributed by atoms with E-state index in [-0.39, 0.29) is 5.69 Å². The third-order valence-corrected chi connectivity index (χ3v) is 2.94. The Morgan fingerprint density at radius 3 is 2.37 bits per heavy atom. The number of alkyl halides is 3. The summed E-state index contributed by atoms with van der Waals surface area (Å²) in [5.41, 5.74) is -0.794. The van der Waals surface area contributed by atoms with E-state index < -0.39 is 29.7 Å². The number of carbonyl (C=O) groups is 1. The van der Waals surface area contributed by atoms with Crippen LogP contribution >= 0.6 is 0 Å². The first kappa shape index (κ1) is 15.3. The molecule has 0 bridgehead atoms. The minimum absolute atomic E-state index is 0.0433. The second kappa shape index (κ2) is 5.95. The van der Waals surface area contributed by atoms with Gasteiger partial charge in [-0.15, -0.1) is 0 Å². The number of nitrogens with one attached hydrogen (secondary N) is 1. The largest absolute Gasteiger partial charge is 0.469 e. The van der Waals surface area contributed by atoms with Gasteiger partial charge in [-0.3, -0.25) is 4.79 Å². The lowest BCUT2D eigenvalue weighted by Gasteiger charge is -2.22. The fraction of sp³-hybridized carbons (Fsp3) is 0.462. The van der Waals surface area contributed by atoms with Crippen molar-refractivity contribution in [2.45, 2.75) is 26.1 Å². The van der Waals surface area contributed by atoms with E-state index in [2.05, 4.69) is 10.1 Å². The summed E-state index contributed by atoms with van der Waals surface area (Å²) in [5, 5.41) is 2.71. The Morgan fingerprint density at radius 2 is 1.84 bits per heavy atom. The minimum Gasteiger partial charge on any atom is -0.469 e. The van der Waals surface area contributed by atoms with Gasteiger partial charge in [0.1, 0.15) is 0 Å². The van der Waals surface area contributed by atoms with Crippen LogP contribution in [0.2, 0.25) is 0 Å². The minimum atomic E-state index is -4.43. The number of anilines is 1.